The van der Waals surface area contributed by atoms with E-state index >= 15 is 0 Å². The zero-order valence-electron chi connectivity index (χ0n) is 10.2. The highest BCUT2D eigenvalue weighted by Gasteiger charge is 2.10. The Morgan fingerprint density at radius 2 is 2.06 bits per heavy atom. The number of nitrogens with one attached hydrogen (secondary N) is 1. The zero-order valence-corrected chi connectivity index (χ0v) is 10.2. The highest BCUT2D eigenvalue weighted by Crippen LogP contribution is 2.28. The molecule has 88 valence electrons. The Kier molecular flexibility index (Phi) is 2.76. The maximum Gasteiger partial charge on any atom is 0.328 e. The van der Waals surface area contributed by atoms with Crippen LogP contribution in [0.2, 0.25) is 0 Å². The molecule has 1 heterocycles. The first-order valence-corrected chi connectivity index (χ1v) is 5.49. The number of carbonyl (C=O) groups is 1. The number of benzene rings is 1. The van der Waals surface area contributed by atoms with Gasteiger partial charge in [0.15, 0.2) is 0 Å². The summed E-state index contributed by atoms with van der Waals surface area (Å²) >= 11 is 0. The van der Waals surface area contributed by atoms with Crippen molar-refractivity contribution >= 4 is 22.4 Å². The number of hydrogen-bond donors (Lipinski definition) is 2. The maximum atomic E-state index is 10.7. The quantitative estimate of drug-likeness (QED) is 0.776. The molecule has 0 spiro atoms. The van der Waals surface area contributed by atoms with E-state index in [9.17, 15) is 4.79 Å². The third-order valence-electron chi connectivity index (χ3n) is 2.88. The van der Waals surface area contributed by atoms with Gasteiger partial charge in [-0.1, -0.05) is 11.6 Å². The summed E-state index contributed by atoms with van der Waals surface area (Å²) in [5.41, 5.74) is 4.97. The minimum absolute atomic E-state index is 0.770. The fourth-order valence-corrected chi connectivity index (χ4v) is 2.21. The van der Waals surface area contributed by atoms with E-state index in [-0.39, 0.29) is 0 Å². The lowest BCUT2D eigenvalue weighted by atomic mass is 10.0. The van der Waals surface area contributed by atoms with Crippen LogP contribution < -0.4 is 0 Å². The van der Waals surface area contributed by atoms with Crippen molar-refractivity contribution in [3.63, 3.8) is 0 Å². The van der Waals surface area contributed by atoms with Gasteiger partial charge in [-0.2, -0.15) is 0 Å². The van der Waals surface area contributed by atoms with Crippen molar-refractivity contribution in [2.45, 2.75) is 20.8 Å². The number of H-pyrrole nitrogens is 1. The number of aromatic amines is 1. The second kappa shape index (κ2) is 4.09. The molecule has 17 heavy (non-hydrogen) atoms. The fraction of sp³-hybridized carbons (Fsp3) is 0.214. The molecule has 0 amide bonds. The second-order valence-electron chi connectivity index (χ2n) is 4.34. The molecule has 0 aliphatic rings. The lowest BCUT2D eigenvalue weighted by Crippen LogP contribution is -1.91. The topological polar surface area (TPSA) is 53.1 Å². The van der Waals surface area contributed by atoms with Crippen LogP contribution in [0.15, 0.2) is 24.3 Å². The predicted octanol–water partition coefficient (Wildman–Crippen LogP) is 3.27. The predicted molar refractivity (Wildman–Crippen MR) is 69.1 cm³/mol. The van der Waals surface area contributed by atoms with E-state index in [1.165, 1.54) is 11.6 Å². The van der Waals surface area contributed by atoms with Crippen LogP contribution in [0.25, 0.3) is 16.5 Å². The third-order valence-corrected chi connectivity index (χ3v) is 2.88. The van der Waals surface area contributed by atoms with Crippen LogP contribution in [0.3, 0.4) is 0 Å². The summed E-state index contributed by atoms with van der Waals surface area (Å²) in [6.45, 7) is 5.82. The molecule has 0 unspecified atom stereocenters. The van der Waals surface area contributed by atoms with Crippen molar-refractivity contribution in [1.82, 2.24) is 4.98 Å². The number of carboxylic acids is 1. The molecule has 3 heteroatoms. The first kappa shape index (κ1) is 11.5. The Bertz CT molecular complexity index is 620. The van der Waals surface area contributed by atoms with Crippen LogP contribution in [0, 0.1) is 13.8 Å². The molecular formula is C14H15NO2. The Balaban J connectivity index is 2.72. The number of allylic oxidation sites excluding steroid dienone is 1. The van der Waals surface area contributed by atoms with E-state index in [1.54, 1.807) is 0 Å². The summed E-state index contributed by atoms with van der Waals surface area (Å²) in [5, 5.41) is 9.89. The van der Waals surface area contributed by atoms with Crippen LogP contribution in [0.1, 0.15) is 23.7 Å². The monoisotopic (exact) mass is 229 g/mol. The smallest absolute Gasteiger partial charge is 0.328 e. The van der Waals surface area contributed by atoms with E-state index in [1.807, 2.05) is 32.9 Å². The number of hydrogen-bond acceptors (Lipinski definition) is 1. The van der Waals surface area contributed by atoms with Gasteiger partial charge in [0.1, 0.15) is 0 Å². The molecule has 0 saturated carbocycles. The van der Waals surface area contributed by atoms with Gasteiger partial charge in [-0.25, -0.2) is 4.79 Å². The van der Waals surface area contributed by atoms with E-state index in [2.05, 4.69) is 11.1 Å². The van der Waals surface area contributed by atoms with E-state index in [0.717, 1.165) is 27.7 Å². The van der Waals surface area contributed by atoms with Crippen molar-refractivity contribution < 1.29 is 9.90 Å². The van der Waals surface area contributed by atoms with Crippen molar-refractivity contribution in [3.05, 3.63) is 41.1 Å². The van der Waals surface area contributed by atoms with E-state index < -0.39 is 5.97 Å². The van der Waals surface area contributed by atoms with Crippen molar-refractivity contribution in [1.29, 1.82) is 0 Å². The number of aryl methyl sites for hydroxylation is 2. The summed E-state index contributed by atoms with van der Waals surface area (Å²) in [6, 6.07) is 6.14. The number of aliphatic carboxylic acids is 1. The molecule has 0 bridgehead atoms. The molecular weight excluding hydrogens is 214 g/mol. The van der Waals surface area contributed by atoms with Gasteiger partial charge in [0.2, 0.25) is 0 Å². The standard InChI is InChI=1S/C14H15NO2/c1-8-4-5-12-11(6-8)14(10(3)15-12)9(2)7-13(16)17/h4-7,15H,1-3H3,(H,16,17)/b9-7+. The molecule has 2 rings (SSSR count). The third kappa shape index (κ3) is 2.09. The summed E-state index contributed by atoms with van der Waals surface area (Å²) < 4.78 is 0. The molecule has 0 fully saturated rings. The number of fused-ring (bicyclic) bond motifs is 1. The van der Waals surface area contributed by atoms with Gasteiger partial charge in [-0.15, -0.1) is 0 Å². The normalized spacial score (nSPS) is 12.1. The Labute approximate surface area is 99.8 Å². The van der Waals surface area contributed by atoms with Crippen molar-refractivity contribution in [2.24, 2.45) is 0 Å². The molecule has 2 aromatic rings. The van der Waals surface area contributed by atoms with Crippen LogP contribution in [-0.4, -0.2) is 16.1 Å². The average Bonchev–Trinajstić information content (AvgIpc) is 2.52. The molecule has 1 aromatic carbocycles. The number of carboxylic acid groups (broad SMARTS) is 1. The first-order chi connectivity index (χ1) is 7.99. The van der Waals surface area contributed by atoms with Gasteiger partial charge in [-0.3, -0.25) is 0 Å². The summed E-state index contributed by atoms with van der Waals surface area (Å²) in [5.74, 6) is -0.913. The maximum absolute atomic E-state index is 10.7. The average molecular weight is 229 g/mol. The SMILES string of the molecule is C/C(=C\C(=O)O)c1c(C)[nH]c2ccc(C)cc12. The number of aromatic nitrogens is 1. The van der Waals surface area contributed by atoms with E-state index in [4.69, 9.17) is 5.11 Å². The van der Waals surface area contributed by atoms with Crippen molar-refractivity contribution in [3.8, 4) is 0 Å². The summed E-state index contributed by atoms with van der Waals surface area (Å²) in [7, 11) is 0. The van der Waals surface area contributed by atoms with Crippen LogP contribution in [0.5, 0.6) is 0 Å². The highest BCUT2D eigenvalue weighted by molar-refractivity contribution is 5.99. The molecule has 2 N–H and O–H groups in total. The van der Waals surface area contributed by atoms with Gasteiger partial charge in [0, 0.05) is 28.2 Å². The minimum atomic E-state index is -0.913. The molecule has 0 atom stereocenters. The lowest BCUT2D eigenvalue weighted by Gasteiger charge is -2.01. The Hall–Kier alpha value is -2.03. The highest BCUT2D eigenvalue weighted by atomic mass is 16.4. The summed E-state index contributed by atoms with van der Waals surface area (Å²) in [4.78, 5) is 14.0. The van der Waals surface area contributed by atoms with Crippen LogP contribution >= 0.6 is 0 Å². The van der Waals surface area contributed by atoms with Crippen LogP contribution in [0.4, 0.5) is 0 Å². The van der Waals surface area contributed by atoms with E-state index in [0.29, 0.717) is 0 Å². The van der Waals surface area contributed by atoms with Gasteiger partial charge >= 0.3 is 5.97 Å². The molecule has 0 aliphatic carbocycles. The molecule has 3 nitrogen and oxygen atoms in total. The molecule has 0 aliphatic heterocycles. The summed E-state index contributed by atoms with van der Waals surface area (Å²) in [6.07, 6.45) is 1.25. The second-order valence-corrected chi connectivity index (χ2v) is 4.34. The van der Waals surface area contributed by atoms with Gasteiger partial charge in [0.25, 0.3) is 0 Å². The largest absolute Gasteiger partial charge is 0.478 e. The fourth-order valence-electron chi connectivity index (χ4n) is 2.21. The van der Waals surface area contributed by atoms with Gasteiger partial charge in [0.05, 0.1) is 0 Å². The first-order valence-electron chi connectivity index (χ1n) is 5.49. The Morgan fingerprint density at radius 3 is 2.71 bits per heavy atom. The molecule has 0 saturated heterocycles. The molecule has 0 radical (unpaired) electrons. The Morgan fingerprint density at radius 1 is 1.35 bits per heavy atom. The lowest BCUT2D eigenvalue weighted by molar-refractivity contribution is -0.131. The zero-order chi connectivity index (χ0) is 12.6. The minimum Gasteiger partial charge on any atom is -0.478 e. The number of rotatable bonds is 2. The van der Waals surface area contributed by atoms with Gasteiger partial charge < -0.3 is 10.1 Å². The van der Waals surface area contributed by atoms with Crippen LogP contribution in [-0.2, 0) is 4.79 Å². The van der Waals surface area contributed by atoms with Crippen molar-refractivity contribution in [2.75, 3.05) is 0 Å². The van der Waals surface area contributed by atoms with Gasteiger partial charge in [-0.05, 0) is 38.5 Å². The molecule has 1 aromatic heterocycles.